The lowest BCUT2D eigenvalue weighted by Crippen LogP contribution is -2.13. The van der Waals surface area contributed by atoms with Crippen molar-refractivity contribution in [1.29, 1.82) is 0 Å². The summed E-state index contributed by atoms with van der Waals surface area (Å²) in [6.07, 6.45) is 2.60. The maximum Gasteiger partial charge on any atom is 0.279 e. The molecule has 0 unspecified atom stereocenters. The lowest BCUT2D eigenvalue weighted by atomic mass is 10.4. The maximum atomic E-state index is 11.9. The predicted octanol–water partition coefficient (Wildman–Crippen LogP) is 0.496. The molecule has 0 aromatic carbocycles. The normalized spacial score (nSPS) is 11.4. The third kappa shape index (κ3) is 2.53. The zero-order valence-corrected chi connectivity index (χ0v) is 9.82. The van der Waals surface area contributed by atoms with Crippen molar-refractivity contribution in [2.75, 3.05) is 10.5 Å². The molecular weight excluding hydrogens is 242 g/mol. The summed E-state index contributed by atoms with van der Waals surface area (Å²) in [6, 6.07) is 3.04. The van der Waals surface area contributed by atoms with Gasteiger partial charge in [0, 0.05) is 0 Å². The number of nitrogen functional groups attached to an aromatic ring is 1. The Balaban J connectivity index is 2.26. The number of hydrogen-bond donors (Lipinski definition) is 3. The average Bonchev–Trinajstić information content (AvgIpc) is 2.69. The molecule has 17 heavy (non-hydrogen) atoms. The van der Waals surface area contributed by atoms with E-state index in [0.29, 0.717) is 17.3 Å². The number of pyridine rings is 1. The highest BCUT2D eigenvalue weighted by Gasteiger charge is 2.16. The number of sulfonamides is 1. The molecule has 0 aliphatic rings. The molecular formula is C9H11N5O2S. The van der Waals surface area contributed by atoms with E-state index in [0.717, 1.165) is 0 Å². The van der Waals surface area contributed by atoms with Gasteiger partial charge in [-0.05, 0) is 19.1 Å². The molecule has 0 fully saturated rings. The van der Waals surface area contributed by atoms with Gasteiger partial charge in [0.2, 0.25) is 0 Å². The zero-order chi connectivity index (χ0) is 12.5. The summed E-state index contributed by atoms with van der Waals surface area (Å²) in [4.78, 5) is 10.3. The minimum atomic E-state index is -3.65. The molecule has 0 amide bonds. The SMILES string of the molecule is Cc1ncc(S(=O)(=O)Nc2ccc(N)nc2)[nH]1. The van der Waals surface area contributed by atoms with E-state index in [1.807, 2.05) is 0 Å². The molecule has 0 aliphatic heterocycles. The minimum Gasteiger partial charge on any atom is -0.384 e. The van der Waals surface area contributed by atoms with Gasteiger partial charge >= 0.3 is 0 Å². The molecule has 4 N–H and O–H groups in total. The number of aryl methyl sites for hydroxylation is 1. The van der Waals surface area contributed by atoms with Gasteiger partial charge in [0.05, 0.1) is 18.1 Å². The second-order valence-electron chi connectivity index (χ2n) is 3.41. The largest absolute Gasteiger partial charge is 0.384 e. The Bertz CT molecular complexity index is 617. The van der Waals surface area contributed by atoms with Crippen molar-refractivity contribution in [3.63, 3.8) is 0 Å². The second-order valence-corrected chi connectivity index (χ2v) is 5.06. The van der Waals surface area contributed by atoms with Crippen LogP contribution >= 0.6 is 0 Å². The molecule has 8 heteroatoms. The number of hydrogen-bond acceptors (Lipinski definition) is 5. The van der Waals surface area contributed by atoms with Gasteiger partial charge in [-0.15, -0.1) is 0 Å². The van der Waals surface area contributed by atoms with Crippen LogP contribution in [0.4, 0.5) is 11.5 Å². The van der Waals surface area contributed by atoms with Gasteiger partial charge in [0.1, 0.15) is 11.6 Å². The predicted molar refractivity (Wildman–Crippen MR) is 62.8 cm³/mol. The Morgan fingerprint density at radius 3 is 2.59 bits per heavy atom. The monoisotopic (exact) mass is 253 g/mol. The number of H-pyrrole nitrogens is 1. The number of nitrogens with zero attached hydrogens (tertiary/aromatic N) is 2. The highest BCUT2D eigenvalue weighted by Crippen LogP contribution is 2.14. The van der Waals surface area contributed by atoms with Crippen molar-refractivity contribution < 1.29 is 8.42 Å². The first kappa shape index (κ1) is 11.4. The van der Waals surface area contributed by atoms with Gasteiger partial charge in [-0.3, -0.25) is 4.72 Å². The van der Waals surface area contributed by atoms with Crippen LogP contribution in [0.5, 0.6) is 0 Å². The van der Waals surface area contributed by atoms with E-state index < -0.39 is 10.0 Å². The van der Waals surface area contributed by atoms with E-state index >= 15 is 0 Å². The first-order valence-corrected chi connectivity index (χ1v) is 6.22. The molecule has 2 aromatic heterocycles. The van der Waals surface area contributed by atoms with Gasteiger partial charge in [-0.1, -0.05) is 0 Å². The molecule has 7 nitrogen and oxygen atoms in total. The third-order valence-electron chi connectivity index (χ3n) is 2.01. The molecule has 0 aliphatic carbocycles. The molecule has 2 heterocycles. The Labute approximate surface area is 98.2 Å². The van der Waals surface area contributed by atoms with Gasteiger partial charge in [-0.2, -0.15) is 8.42 Å². The van der Waals surface area contributed by atoms with E-state index in [4.69, 9.17) is 5.73 Å². The molecule has 0 spiro atoms. The summed E-state index contributed by atoms with van der Waals surface area (Å²) in [6.45, 7) is 1.67. The second kappa shape index (κ2) is 4.06. The number of nitrogens with two attached hydrogens (primary N) is 1. The highest BCUT2D eigenvalue weighted by atomic mass is 32.2. The van der Waals surface area contributed by atoms with E-state index in [9.17, 15) is 8.42 Å². The van der Waals surface area contributed by atoms with Crippen molar-refractivity contribution in [3.05, 3.63) is 30.4 Å². The van der Waals surface area contributed by atoms with Crippen LogP contribution in [0.3, 0.4) is 0 Å². The number of nitrogens with one attached hydrogen (secondary N) is 2. The highest BCUT2D eigenvalue weighted by molar-refractivity contribution is 7.92. The van der Waals surface area contributed by atoms with E-state index in [1.54, 1.807) is 6.92 Å². The van der Waals surface area contributed by atoms with Crippen molar-refractivity contribution in [2.45, 2.75) is 11.9 Å². The van der Waals surface area contributed by atoms with Crippen LogP contribution in [0, 0.1) is 6.92 Å². The van der Waals surface area contributed by atoms with Crippen molar-refractivity contribution in [3.8, 4) is 0 Å². The van der Waals surface area contributed by atoms with Crippen LogP contribution in [0.2, 0.25) is 0 Å². The smallest absolute Gasteiger partial charge is 0.279 e. The number of imidazole rings is 1. The summed E-state index contributed by atoms with van der Waals surface area (Å²) >= 11 is 0. The van der Waals surface area contributed by atoms with Crippen molar-refractivity contribution in [2.24, 2.45) is 0 Å². The summed E-state index contributed by atoms with van der Waals surface area (Å²) < 4.78 is 26.1. The Hall–Kier alpha value is -2.09. The molecule has 2 aromatic rings. The van der Waals surface area contributed by atoms with Crippen molar-refractivity contribution >= 4 is 21.5 Å². The molecule has 0 bridgehead atoms. The molecule has 2 rings (SSSR count). The standard InChI is InChI=1S/C9H11N5O2S/c1-6-11-5-9(13-6)17(15,16)14-7-2-3-8(10)12-4-7/h2-5,14H,1H3,(H2,10,12)(H,11,13). The summed E-state index contributed by atoms with van der Waals surface area (Å²) in [5, 5.41) is 0.00632. The molecule has 0 atom stereocenters. The lowest BCUT2D eigenvalue weighted by molar-refractivity contribution is 0.598. The minimum absolute atomic E-state index is 0.00632. The summed E-state index contributed by atoms with van der Waals surface area (Å²) in [5.41, 5.74) is 5.74. The van der Waals surface area contributed by atoms with Gasteiger partial charge < -0.3 is 10.7 Å². The molecule has 0 saturated carbocycles. The van der Waals surface area contributed by atoms with Gasteiger partial charge in [0.15, 0.2) is 5.03 Å². The van der Waals surface area contributed by atoms with Crippen LogP contribution < -0.4 is 10.5 Å². The number of aromatic amines is 1. The fourth-order valence-electron chi connectivity index (χ4n) is 1.21. The van der Waals surface area contributed by atoms with Gasteiger partial charge in [0.25, 0.3) is 10.0 Å². The van der Waals surface area contributed by atoms with Crippen LogP contribution in [-0.4, -0.2) is 23.4 Å². The van der Waals surface area contributed by atoms with Crippen LogP contribution in [0.1, 0.15) is 5.82 Å². The third-order valence-corrected chi connectivity index (χ3v) is 3.30. The van der Waals surface area contributed by atoms with E-state index in [2.05, 4.69) is 19.7 Å². The quantitative estimate of drug-likeness (QED) is 0.736. The van der Waals surface area contributed by atoms with Crippen LogP contribution in [0.25, 0.3) is 0 Å². The van der Waals surface area contributed by atoms with Crippen molar-refractivity contribution in [1.82, 2.24) is 15.0 Å². The Morgan fingerprint density at radius 2 is 2.06 bits per heavy atom. The molecule has 0 saturated heterocycles. The topological polar surface area (TPSA) is 114 Å². The van der Waals surface area contributed by atoms with Gasteiger partial charge in [-0.25, -0.2) is 9.97 Å². The van der Waals surface area contributed by atoms with E-state index in [1.165, 1.54) is 24.5 Å². The lowest BCUT2D eigenvalue weighted by Gasteiger charge is -2.05. The number of aromatic nitrogens is 3. The number of rotatable bonds is 3. The fourth-order valence-corrected chi connectivity index (χ4v) is 2.23. The fraction of sp³-hybridized carbons (Fsp3) is 0.111. The van der Waals surface area contributed by atoms with E-state index in [-0.39, 0.29) is 5.03 Å². The molecule has 90 valence electrons. The first-order chi connectivity index (χ1) is 7.97. The average molecular weight is 253 g/mol. The maximum absolute atomic E-state index is 11.9. The first-order valence-electron chi connectivity index (χ1n) is 4.73. The Morgan fingerprint density at radius 1 is 1.29 bits per heavy atom. The van der Waals surface area contributed by atoms with Crippen LogP contribution in [0.15, 0.2) is 29.6 Å². The summed E-state index contributed by atoms with van der Waals surface area (Å²) in [7, 11) is -3.65. The molecule has 0 radical (unpaired) electrons. The zero-order valence-electron chi connectivity index (χ0n) is 9.01. The Kier molecular flexibility index (Phi) is 2.72. The number of anilines is 2. The summed E-state index contributed by atoms with van der Waals surface area (Å²) in [5.74, 6) is 0.853. The van der Waals surface area contributed by atoms with Crippen LogP contribution in [-0.2, 0) is 10.0 Å².